The van der Waals surface area contributed by atoms with Gasteiger partial charge in [0.15, 0.2) is 0 Å². The van der Waals surface area contributed by atoms with Gasteiger partial charge in [0.1, 0.15) is 21.4 Å². The van der Waals surface area contributed by atoms with E-state index in [-0.39, 0.29) is 65.8 Å². The molecule has 5 N–H and O–H groups in total. The number of halogens is 1. The highest BCUT2D eigenvalue weighted by Gasteiger charge is 2.26. The SMILES string of the molecule is CC(C)CC1NC(=O)CCCN(C(=O)[C@@H](C)N)CCCNC(=O)c2csc(n2)[C@H](Cc2ccccc2)NC(=O)c2csc1n2.Cl. The van der Waals surface area contributed by atoms with Gasteiger partial charge in [-0.2, -0.15) is 0 Å². The average Bonchev–Trinajstić information content (AvgIpc) is 3.68. The van der Waals surface area contributed by atoms with Crippen LogP contribution < -0.4 is 21.7 Å². The molecule has 0 radical (unpaired) electrons. The molecular weight excluding hydrogens is 634 g/mol. The summed E-state index contributed by atoms with van der Waals surface area (Å²) in [6, 6.07) is 8.26. The first-order valence-corrected chi connectivity index (χ1v) is 16.7. The predicted molar refractivity (Wildman–Crippen MR) is 179 cm³/mol. The van der Waals surface area contributed by atoms with Crippen LogP contribution in [0.4, 0.5) is 0 Å². The molecule has 1 unspecified atom stereocenters. The van der Waals surface area contributed by atoms with Crippen LogP contribution in [0.1, 0.15) is 95.1 Å². The molecule has 45 heavy (non-hydrogen) atoms. The van der Waals surface area contributed by atoms with Crippen LogP contribution in [0.3, 0.4) is 0 Å². The quantitative estimate of drug-likeness (QED) is 0.318. The zero-order chi connectivity index (χ0) is 31.6. The summed E-state index contributed by atoms with van der Waals surface area (Å²) in [5, 5.41) is 13.7. The van der Waals surface area contributed by atoms with Crippen LogP contribution in [0, 0.1) is 5.92 Å². The summed E-state index contributed by atoms with van der Waals surface area (Å²) in [6.07, 6.45) is 2.34. The number of nitrogens with zero attached hydrogens (tertiary/aromatic N) is 3. The standard InChI is InChI=1S/C31H41N7O4S2.ClH/c1-19(2)15-22-29-37-25(18-44-29)28(41)35-23(16-21-9-5-4-6-10-21)30-36-24(17-43-30)27(40)33-12-8-14-38(31(42)20(3)32)13-7-11-26(39)34-22;/h4-6,9-10,17-20,22-23H,7-8,11-16,32H2,1-3H3,(H,33,40)(H,34,39)(H,35,41);1H/t20-,22?,23+;/m1./s1. The van der Waals surface area contributed by atoms with E-state index in [1.165, 1.54) is 22.7 Å². The van der Waals surface area contributed by atoms with Crippen LogP contribution in [0.15, 0.2) is 41.1 Å². The van der Waals surface area contributed by atoms with Gasteiger partial charge >= 0.3 is 0 Å². The van der Waals surface area contributed by atoms with Crippen LogP contribution in [0.2, 0.25) is 0 Å². The Hall–Kier alpha value is -3.39. The summed E-state index contributed by atoms with van der Waals surface area (Å²) >= 11 is 2.65. The number of rotatable bonds is 5. The van der Waals surface area contributed by atoms with Crippen molar-refractivity contribution in [3.8, 4) is 0 Å². The molecule has 4 bridgehead atoms. The van der Waals surface area contributed by atoms with Gasteiger partial charge in [0, 0.05) is 36.8 Å². The Morgan fingerprint density at radius 2 is 1.56 bits per heavy atom. The molecule has 0 fully saturated rings. The normalized spacial score (nSPS) is 19.4. The number of thiazole rings is 2. The fraction of sp³-hybridized carbons (Fsp3) is 0.484. The third-order valence-electron chi connectivity index (χ3n) is 7.16. The molecule has 4 amide bonds. The third-order valence-corrected chi connectivity index (χ3v) is 9.08. The van der Waals surface area contributed by atoms with Crippen molar-refractivity contribution >= 4 is 58.7 Å². The molecule has 244 valence electrons. The molecule has 0 aliphatic carbocycles. The Morgan fingerprint density at radius 3 is 2.20 bits per heavy atom. The van der Waals surface area contributed by atoms with Gasteiger partial charge in [-0.25, -0.2) is 9.97 Å². The number of nitrogens with two attached hydrogens (primary N) is 1. The second-order valence-corrected chi connectivity index (χ2v) is 13.2. The molecule has 14 heteroatoms. The molecule has 2 aromatic heterocycles. The molecule has 11 nitrogen and oxygen atoms in total. The number of carbonyl (C=O) groups is 4. The molecule has 3 atom stereocenters. The molecular formula is C31H42ClN7O4S2. The van der Waals surface area contributed by atoms with E-state index in [4.69, 9.17) is 5.73 Å². The van der Waals surface area contributed by atoms with E-state index in [1.807, 2.05) is 30.3 Å². The van der Waals surface area contributed by atoms with Crippen LogP contribution in [0.5, 0.6) is 0 Å². The molecule has 0 saturated carbocycles. The van der Waals surface area contributed by atoms with Crippen LogP contribution in [-0.2, 0) is 16.0 Å². The highest BCUT2D eigenvalue weighted by molar-refractivity contribution is 7.10. The van der Waals surface area contributed by atoms with Crippen molar-refractivity contribution in [3.05, 3.63) is 68.1 Å². The molecule has 0 spiro atoms. The second kappa shape index (κ2) is 17.3. The fourth-order valence-corrected chi connectivity index (χ4v) is 6.67. The summed E-state index contributed by atoms with van der Waals surface area (Å²) in [6.45, 7) is 6.88. The Kier molecular flexibility index (Phi) is 13.9. The smallest absolute Gasteiger partial charge is 0.271 e. The van der Waals surface area contributed by atoms with Gasteiger partial charge in [0.25, 0.3) is 11.8 Å². The largest absolute Gasteiger partial charge is 0.351 e. The summed E-state index contributed by atoms with van der Waals surface area (Å²) < 4.78 is 0. The number of benzene rings is 1. The number of hydrogen-bond acceptors (Lipinski definition) is 9. The molecule has 4 rings (SSSR count). The second-order valence-electron chi connectivity index (χ2n) is 11.4. The van der Waals surface area contributed by atoms with E-state index in [0.717, 1.165) is 5.56 Å². The number of nitrogens with one attached hydrogen (secondary N) is 3. The molecule has 1 aliphatic rings. The van der Waals surface area contributed by atoms with E-state index < -0.39 is 12.1 Å². The fourth-order valence-electron chi connectivity index (χ4n) is 4.96. The molecule has 1 aromatic carbocycles. The van der Waals surface area contributed by atoms with E-state index in [0.29, 0.717) is 55.3 Å². The lowest BCUT2D eigenvalue weighted by molar-refractivity contribution is -0.132. The van der Waals surface area contributed by atoms with Crippen molar-refractivity contribution in [2.45, 2.75) is 71.0 Å². The van der Waals surface area contributed by atoms with Crippen molar-refractivity contribution in [3.63, 3.8) is 0 Å². The van der Waals surface area contributed by atoms with Crippen molar-refractivity contribution < 1.29 is 19.2 Å². The van der Waals surface area contributed by atoms with E-state index in [9.17, 15) is 19.2 Å². The van der Waals surface area contributed by atoms with Gasteiger partial charge in [0.2, 0.25) is 11.8 Å². The summed E-state index contributed by atoms with van der Waals surface area (Å²) in [4.78, 5) is 63.0. The Balaban J connectivity index is 0.00000552. The van der Waals surface area contributed by atoms with Gasteiger partial charge in [-0.1, -0.05) is 44.2 Å². The van der Waals surface area contributed by atoms with Gasteiger partial charge < -0.3 is 26.6 Å². The number of carbonyl (C=O) groups excluding carboxylic acids is 4. The maximum absolute atomic E-state index is 13.5. The highest BCUT2D eigenvalue weighted by Crippen LogP contribution is 2.27. The lowest BCUT2D eigenvalue weighted by atomic mass is 10.0. The van der Waals surface area contributed by atoms with Crippen molar-refractivity contribution in [1.29, 1.82) is 0 Å². The maximum Gasteiger partial charge on any atom is 0.271 e. The lowest BCUT2D eigenvalue weighted by Gasteiger charge is -2.25. The Morgan fingerprint density at radius 1 is 0.933 bits per heavy atom. The summed E-state index contributed by atoms with van der Waals surface area (Å²) in [7, 11) is 0. The Labute approximate surface area is 278 Å². The Bertz CT molecular complexity index is 1430. The topological polar surface area (TPSA) is 159 Å². The number of hydrogen-bond donors (Lipinski definition) is 4. The predicted octanol–water partition coefficient (Wildman–Crippen LogP) is 4.03. The van der Waals surface area contributed by atoms with Gasteiger partial charge in [-0.05, 0) is 44.1 Å². The monoisotopic (exact) mass is 675 g/mol. The molecule has 3 heterocycles. The number of aromatic nitrogens is 2. The van der Waals surface area contributed by atoms with Crippen molar-refractivity contribution in [2.75, 3.05) is 19.6 Å². The zero-order valence-corrected chi connectivity index (χ0v) is 28.2. The first kappa shape index (κ1) is 36.1. The molecule has 0 saturated heterocycles. The zero-order valence-electron chi connectivity index (χ0n) is 25.8. The first-order valence-electron chi connectivity index (χ1n) is 15.0. The van der Waals surface area contributed by atoms with E-state index in [1.54, 1.807) is 22.6 Å². The first-order chi connectivity index (χ1) is 21.1. The number of amides is 4. The van der Waals surface area contributed by atoms with Crippen LogP contribution in [-0.4, -0.2) is 64.2 Å². The van der Waals surface area contributed by atoms with Gasteiger partial charge in [-0.15, -0.1) is 35.1 Å². The minimum Gasteiger partial charge on any atom is -0.351 e. The van der Waals surface area contributed by atoms with Gasteiger partial charge in [-0.3, -0.25) is 19.2 Å². The molecule has 1 aliphatic heterocycles. The minimum atomic E-state index is -0.670. The van der Waals surface area contributed by atoms with Crippen LogP contribution in [0.25, 0.3) is 0 Å². The molecule has 3 aromatic rings. The van der Waals surface area contributed by atoms with Crippen molar-refractivity contribution in [1.82, 2.24) is 30.8 Å². The maximum atomic E-state index is 13.5. The van der Waals surface area contributed by atoms with Crippen molar-refractivity contribution in [2.24, 2.45) is 11.7 Å². The van der Waals surface area contributed by atoms with Crippen LogP contribution >= 0.6 is 35.1 Å². The average molecular weight is 676 g/mol. The lowest BCUT2D eigenvalue weighted by Crippen LogP contribution is -2.44. The number of fused-ring (bicyclic) bond motifs is 4. The minimum absolute atomic E-state index is 0. The third kappa shape index (κ3) is 10.6. The van der Waals surface area contributed by atoms with E-state index in [2.05, 4.69) is 39.8 Å². The highest BCUT2D eigenvalue weighted by atomic mass is 35.5. The van der Waals surface area contributed by atoms with E-state index >= 15 is 0 Å². The summed E-state index contributed by atoms with van der Waals surface area (Å²) in [5.74, 6) is -0.751. The van der Waals surface area contributed by atoms with Gasteiger partial charge in [0.05, 0.1) is 18.1 Å². The summed E-state index contributed by atoms with van der Waals surface area (Å²) in [5.41, 5.74) is 7.42.